The number of anilines is 1. The lowest BCUT2D eigenvalue weighted by Gasteiger charge is -2.07. The molecule has 0 spiro atoms. The van der Waals surface area contributed by atoms with Crippen molar-refractivity contribution in [2.24, 2.45) is 0 Å². The molecule has 1 unspecified atom stereocenters. The molecule has 102 valence electrons. The number of fused-ring (bicyclic) bond motifs is 1. The summed E-state index contributed by atoms with van der Waals surface area (Å²) < 4.78 is 5.62. The molecule has 0 aliphatic carbocycles. The van der Waals surface area contributed by atoms with Gasteiger partial charge in [-0.15, -0.1) is 0 Å². The number of nitrogens with one attached hydrogen (secondary N) is 1. The molecule has 0 radical (unpaired) electrons. The van der Waals surface area contributed by atoms with Gasteiger partial charge in [-0.05, 0) is 43.9 Å². The first-order valence-electron chi connectivity index (χ1n) is 6.81. The lowest BCUT2D eigenvalue weighted by Crippen LogP contribution is -2.04. The Hall–Kier alpha value is -1.20. The van der Waals surface area contributed by atoms with E-state index in [9.17, 15) is 0 Å². The largest absolute Gasteiger partial charge is 0.399 e. The van der Waals surface area contributed by atoms with Crippen LogP contribution < -0.4 is 5.73 Å². The van der Waals surface area contributed by atoms with E-state index in [-0.39, 0.29) is 0 Å². The number of nitrogen functional groups attached to an aromatic ring is 1. The van der Waals surface area contributed by atoms with Gasteiger partial charge < -0.3 is 15.5 Å². The maximum atomic E-state index is 5.76. The number of nitrogens with two attached hydrogens (primary N) is 1. The average Bonchev–Trinajstić information content (AvgIpc) is 3.02. The minimum Gasteiger partial charge on any atom is -0.399 e. The van der Waals surface area contributed by atoms with Crippen LogP contribution in [0, 0.1) is 0 Å². The number of aromatic amines is 1. The van der Waals surface area contributed by atoms with Gasteiger partial charge in [-0.2, -0.15) is 0 Å². The Bertz CT molecular complexity index is 549. The fourth-order valence-corrected chi connectivity index (χ4v) is 3.27. The van der Waals surface area contributed by atoms with Crippen molar-refractivity contribution in [1.82, 2.24) is 9.97 Å². The summed E-state index contributed by atoms with van der Waals surface area (Å²) in [6, 6.07) is 5.77. The number of ether oxygens (including phenoxy) is 1. The number of hydrogen-bond acceptors (Lipinski definition) is 4. The molecule has 2 heterocycles. The first kappa shape index (κ1) is 12.8. The number of rotatable bonds is 5. The maximum Gasteiger partial charge on any atom is 0.166 e. The first-order chi connectivity index (χ1) is 9.31. The van der Waals surface area contributed by atoms with Crippen molar-refractivity contribution in [2.75, 3.05) is 18.1 Å². The molecule has 2 aromatic rings. The number of aromatic nitrogens is 2. The Labute approximate surface area is 117 Å². The molecule has 1 saturated heterocycles. The number of H-pyrrole nitrogens is 1. The fourth-order valence-electron chi connectivity index (χ4n) is 2.42. The van der Waals surface area contributed by atoms with Gasteiger partial charge in [0.2, 0.25) is 0 Å². The highest BCUT2D eigenvalue weighted by molar-refractivity contribution is 7.99. The predicted octanol–water partition coefficient (Wildman–Crippen LogP) is 3.20. The van der Waals surface area contributed by atoms with Crippen molar-refractivity contribution in [3.63, 3.8) is 0 Å². The van der Waals surface area contributed by atoms with Crippen molar-refractivity contribution in [2.45, 2.75) is 36.9 Å². The molecule has 1 aromatic heterocycles. The lowest BCUT2D eigenvalue weighted by atomic mass is 10.1. The SMILES string of the molecule is Nc1ccc2nc(SCCCC3CCCO3)[nH]c2c1. The number of imidazole rings is 1. The van der Waals surface area contributed by atoms with Crippen molar-refractivity contribution in [3.8, 4) is 0 Å². The van der Waals surface area contributed by atoms with Crippen LogP contribution in [0.3, 0.4) is 0 Å². The Kier molecular flexibility index (Phi) is 3.94. The second-order valence-corrected chi connectivity index (χ2v) is 6.03. The van der Waals surface area contributed by atoms with Crippen LogP contribution in [0.2, 0.25) is 0 Å². The summed E-state index contributed by atoms with van der Waals surface area (Å²) in [4.78, 5) is 7.85. The summed E-state index contributed by atoms with van der Waals surface area (Å²) in [5.74, 6) is 1.08. The van der Waals surface area contributed by atoms with Gasteiger partial charge in [-0.1, -0.05) is 11.8 Å². The Balaban J connectivity index is 1.50. The lowest BCUT2D eigenvalue weighted by molar-refractivity contribution is 0.104. The maximum absolute atomic E-state index is 5.76. The molecule has 1 aliphatic heterocycles. The number of hydrogen-bond donors (Lipinski definition) is 2. The van der Waals surface area contributed by atoms with Gasteiger partial charge in [-0.25, -0.2) is 4.98 Å². The van der Waals surface area contributed by atoms with Gasteiger partial charge in [0.25, 0.3) is 0 Å². The third kappa shape index (κ3) is 3.22. The van der Waals surface area contributed by atoms with E-state index in [1.165, 1.54) is 25.7 Å². The highest BCUT2D eigenvalue weighted by Gasteiger charge is 2.14. The highest BCUT2D eigenvalue weighted by atomic mass is 32.2. The van der Waals surface area contributed by atoms with E-state index >= 15 is 0 Å². The fraction of sp³-hybridized carbons (Fsp3) is 0.500. The molecular weight excluding hydrogens is 258 g/mol. The van der Waals surface area contributed by atoms with Crippen LogP contribution in [-0.4, -0.2) is 28.4 Å². The van der Waals surface area contributed by atoms with Crippen LogP contribution in [0.15, 0.2) is 23.4 Å². The second kappa shape index (κ2) is 5.84. The molecule has 1 fully saturated rings. The molecule has 1 aromatic carbocycles. The number of thioether (sulfide) groups is 1. The van der Waals surface area contributed by atoms with Crippen LogP contribution in [0.4, 0.5) is 5.69 Å². The molecule has 0 bridgehead atoms. The molecule has 0 saturated carbocycles. The summed E-state index contributed by atoms with van der Waals surface area (Å²) in [7, 11) is 0. The van der Waals surface area contributed by atoms with E-state index in [2.05, 4.69) is 9.97 Å². The van der Waals surface area contributed by atoms with E-state index in [4.69, 9.17) is 10.5 Å². The Morgan fingerprint density at radius 1 is 1.47 bits per heavy atom. The van der Waals surface area contributed by atoms with Crippen molar-refractivity contribution >= 4 is 28.5 Å². The molecule has 5 heteroatoms. The van der Waals surface area contributed by atoms with E-state index in [1.807, 2.05) is 18.2 Å². The average molecular weight is 277 g/mol. The third-order valence-electron chi connectivity index (χ3n) is 3.42. The summed E-state index contributed by atoms with van der Waals surface area (Å²) in [6.45, 7) is 0.947. The summed E-state index contributed by atoms with van der Waals surface area (Å²) in [5, 5.41) is 0.980. The Morgan fingerprint density at radius 3 is 3.26 bits per heavy atom. The molecular formula is C14H19N3OS. The number of benzene rings is 1. The molecule has 0 amide bonds. The van der Waals surface area contributed by atoms with Crippen LogP contribution in [-0.2, 0) is 4.74 Å². The standard InChI is InChI=1S/C14H19N3OS/c15-10-5-6-12-13(9-10)17-14(16-12)19-8-2-4-11-3-1-7-18-11/h5-6,9,11H,1-4,7-8,15H2,(H,16,17). The predicted molar refractivity (Wildman–Crippen MR) is 79.4 cm³/mol. The van der Waals surface area contributed by atoms with E-state index < -0.39 is 0 Å². The van der Waals surface area contributed by atoms with Crippen molar-refractivity contribution in [1.29, 1.82) is 0 Å². The van der Waals surface area contributed by atoms with Gasteiger partial charge in [0.1, 0.15) is 0 Å². The monoisotopic (exact) mass is 277 g/mol. The second-order valence-electron chi connectivity index (χ2n) is 4.94. The zero-order valence-electron chi connectivity index (χ0n) is 10.9. The minimum atomic E-state index is 0.496. The van der Waals surface area contributed by atoms with E-state index in [0.717, 1.165) is 34.2 Å². The van der Waals surface area contributed by atoms with Gasteiger partial charge in [-0.3, -0.25) is 0 Å². The number of nitrogens with zero attached hydrogens (tertiary/aromatic N) is 1. The van der Waals surface area contributed by atoms with Crippen LogP contribution in [0.1, 0.15) is 25.7 Å². The van der Waals surface area contributed by atoms with Gasteiger partial charge in [0.05, 0.1) is 17.1 Å². The van der Waals surface area contributed by atoms with E-state index in [1.54, 1.807) is 11.8 Å². The molecule has 4 nitrogen and oxygen atoms in total. The van der Waals surface area contributed by atoms with Crippen LogP contribution in [0.5, 0.6) is 0 Å². The van der Waals surface area contributed by atoms with Gasteiger partial charge in [0, 0.05) is 18.0 Å². The molecule has 3 rings (SSSR count). The molecule has 1 aliphatic rings. The minimum absolute atomic E-state index is 0.496. The third-order valence-corrected chi connectivity index (χ3v) is 4.38. The van der Waals surface area contributed by atoms with Crippen LogP contribution >= 0.6 is 11.8 Å². The molecule has 3 N–H and O–H groups in total. The molecule has 1 atom stereocenters. The van der Waals surface area contributed by atoms with Gasteiger partial charge >= 0.3 is 0 Å². The summed E-state index contributed by atoms with van der Waals surface area (Å²) in [6.07, 6.45) is 5.29. The topological polar surface area (TPSA) is 63.9 Å². The Morgan fingerprint density at radius 2 is 2.42 bits per heavy atom. The zero-order valence-corrected chi connectivity index (χ0v) is 11.7. The highest BCUT2D eigenvalue weighted by Crippen LogP contribution is 2.23. The normalized spacial score (nSPS) is 19.3. The van der Waals surface area contributed by atoms with Crippen LogP contribution in [0.25, 0.3) is 11.0 Å². The molecule has 19 heavy (non-hydrogen) atoms. The first-order valence-corrected chi connectivity index (χ1v) is 7.79. The van der Waals surface area contributed by atoms with Crippen molar-refractivity contribution in [3.05, 3.63) is 18.2 Å². The summed E-state index contributed by atoms with van der Waals surface area (Å²) in [5.41, 5.74) is 8.52. The smallest absolute Gasteiger partial charge is 0.166 e. The quantitative estimate of drug-likeness (QED) is 0.500. The summed E-state index contributed by atoms with van der Waals surface area (Å²) >= 11 is 1.77. The van der Waals surface area contributed by atoms with Crippen molar-refractivity contribution < 1.29 is 4.74 Å². The van der Waals surface area contributed by atoms with E-state index in [0.29, 0.717) is 6.10 Å². The van der Waals surface area contributed by atoms with Gasteiger partial charge in [0.15, 0.2) is 5.16 Å². The zero-order chi connectivity index (χ0) is 13.1.